The fourth-order valence-corrected chi connectivity index (χ4v) is 6.62. The first-order valence-electron chi connectivity index (χ1n) is 14.7. The molecule has 0 spiro atoms. The van der Waals surface area contributed by atoms with Crippen LogP contribution in [0.1, 0.15) is 42.3 Å². The van der Waals surface area contributed by atoms with E-state index >= 15 is 0 Å². The van der Waals surface area contributed by atoms with Crippen LogP contribution in [0.15, 0.2) is 79.3 Å². The van der Waals surface area contributed by atoms with Gasteiger partial charge in [0.1, 0.15) is 24.2 Å². The van der Waals surface area contributed by atoms with Crippen molar-refractivity contribution < 1.29 is 19.2 Å². The number of nitrogens with zero attached hydrogens (tertiary/aromatic N) is 5. The van der Waals surface area contributed by atoms with Crippen LogP contribution in [0, 0.1) is 5.92 Å². The molecule has 9 heteroatoms. The van der Waals surface area contributed by atoms with E-state index in [1.54, 1.807) is 17.2 Å². The summed E-state index contributed by atoms with van der Waals surface area (Å²) in [6.07, 6.45) is 6.13. The molecule has 3 aromatic carbocycles. The smallest absolute Gasteiger partial charge is 0.319 e. The molecule has 4 aromatic rings. The molecule has 0 fully saturated rings. The van der Waals surface area contributed by atoms with E-state index < -0.39 is 17.6 Å². The van der Waals surface area contributed by atoms with E-state index in [9.17, 15) is 14.4 Å². The summed E-state index contributed by atoms with van der Waals surface area (Å²) in [7, 11) is 0. The number of amides is 1. The van der Waals surface area contributed by atoms with Crippen molar-refractivity contribution in [3.05, 3.63) is 106 Å². The minimum absolute atomic E-state index is 0.0236. The topological polar surface area (TPSA) is 95.9 Å². The minimum Gasteiger partial charge on any atom is -0.319 e. The summed E-state index contributed by atoms with van der Waals surface area (Å²) in [5.74, 6) is -0.0417. The number of hydroxylamine groups is 1. The van der Waals surface area contributed by atoms with Crippen LogP contribution in [0.2, 0.25) is 0 Å². The summed E-state index contributed by atoms with van der Waals surface area (Å²) < 4.78 is 0. The van der Waals surface area contributed by atoms with Crippen LogP contribution in [0.3, 0.4) is 0 Å². The Kier molecular flexibility index (Phi) is 6.53. The first kappa shape index (κ1) is 27.5. The molecule has 3 aliphatic rings. The molecule has 0 bridgehead atoms. The monoisotopic (exact) mass is 585 g/mol. The Hall–Kier alpha value is -5.31. The zero-order valence-electron chi connectivity index (χ0n) is 24.7. The molecule has 2 unspecified atom stereocenters. The summed E-state index contributed by atoms with van der Waals surface area (Å²) in [4.78, 5) is 59.0. The molecule has 0 N–H and O–H groups in total. The van der Waals surface area contributed by atoms with Gasteiger partial charge in [0.15, 0.2) is 17.4 Å². The van der Waals surface area contributed by atoms with Crippen molar-refractivity contribution in [2.24, 2.45) is 5.92 Å². The lowest BCUT2D eigenvalue weighted by Crippen LogP contribution is -2.59. The molecule has 1 aliphatic heterocycles. The van der Waals surface area contributed by atoms with E-state index in [2.05, 4.69) is 9.97 Å². The number of anilines is 2. The predicted octanol–water partition coefficient (Wildman–Crippen LogP) is 4.19. The predicted molar refractivity (Wildman–Crippen MR) is 167 cm³/mol. The molecule has 44 heavy (non-hydrogen) atoms. The fourth-order valence-electron chi connectivity index (χ4n) is 6.62. The fraction of sp³-hybridized carbons (Fsp3) is 0.229. The lowest BCUT2D eigenvalue weighted by Gasteiger charge is -2.42. The van der Waals surface area contributed by atoms with Crippen LogP contribution in [0.4, 0.5) is 16.3 Å². The second kappa shape index (κ2) is 10.4. The van der Waals surface area contributed by atoms with E-state index in [-0.39, 0.29) is 18.2 Å². The van der Waals surface area contributed by atoms with Crippen molar-refractivity contribution in [3.8, 4) is 11.1 Å². The Labute approximate surface area is 254 Å². The molecular formula is C35H31N5O4. The van der Waals surface area contributed by atoms with Gasteiger partial charge in [-0.3, -0.25) is 9.59 Å². The lowest BCUT2D eigenvalue weighted by molar-refractivity contribution is -0.126. The number of aromatic nitrogens is 2. The zero-order valence-corrected chi connectivity index (χ0v) is 24.7. The van der Waals surface area contributed by atoms with Crippen molar-refractivity contribution >= 4 is 41.3 Å². The van der Waals surface area contributed by atoms with Gasteiger partial charge < -0.3 is 14.6 Å². The molecule has 1 aromatic heterocycles. The maximum absolute atomic E-state index is 14.2. The Morgan fingerprint density at radius 3 is 2.52 bits per heavy atom. The Morgan fingerprint density at radius 2 is 1.75 bits per heavy atom. The van der Waals surface area contributed by atoms with Gasteiger partial charge in [-0.25, -0.2) is 14.8 Å². The summed E-state index contributed by atoms with van der Waals surface area (Å²) >= 11 is 0. The minimum atomic E-state index is -1.18. The normalized spacial score (nSPS) is 19.7. The van der Waals surface area contributed by atoms with Crippen LogP contribution in [-0.2, 0) is 21.7 Å². The van der Waals surface area contributed by atoms with Crippen molar-refractivity contribution in [2.75, 3.05) is 23.2 Å². The maximum Gasteiger partial charge on any atom is 0.434 e. The second-order valence-electron chi connectivity index (χ2n) is 11.5. The molecule has 0 radical (unpaired) electrons. The van der Waals surface area contributed by atoms with Crippen LogP contribution < -0.4 is 20.4 Å². The molecule has 9 nitrogen and oxygen atoms in total. The largest absolute Gasteiger partial charge is 0.434 e. The van der Waals surface area contributed by atoms with Gasteiger partial charge in [-0.15, -0.1) is 0 Å². The summed E-state index contributed by atoms with van der Waals surface area (Å²) in [6.45, 7) is 6.57. The lowest BCUT2D eigenvalue weighted by atomic mass is 9.73. The highest BCUT2D eigenvalue weighted by molar-refractivity contribution is 6.22. The van der Waals surface area contributed by atoms with Gasteiger partial charge in [0.05, 0.1) is 6.20 Å². The van der Waals surface area contributed by atoms with Crippen LogP contribution >= 0.6 is 0 Å². The van der Waals surface area contributed by atoms with Gasteiger partial charge in [0.25, 0.3) is 0 Å². The van der Waals surface area contributed by atoms with Gasteiger partial charge in [0.2, 0.25) is 0 Å². The Balaban J connectivity index is 1.28. The SMILES string of the molecule is CCN(Cc1ccccc1)C(=O)ON1CN(C2(C)C(=O)C(C)C=c3c2ccc2c3=CC(=O)c3ccccc3-2)c2ncncc21. The van der Waals surface area contributed by atoms with Crippen molar-refractivity contribution in [1.29, 1.82) is 0 Å². The standard InChI is InChI=1S/C35H31N5O4/c1-4-38(19-23-10-6-5-7-11-23)34(43)44-40-21-39(33-30(40)18-36-20-37-33)35(3)29-15-14-25-24-12-8-9-13-26(24)31(41)17-27(25)28(29)16-22(2)32(35)42/h5-18,20,22H,4,19,21H2,1-3H3. The number of ketones is 2. The average molecular weight is 586 g/mol. The second-order valence-corrected chi connectivity index (χ2v) is 11.5. The number of benzene rings is 3. The number of Topliss-reactive ketones (excluding diaryl/α,β-unsaturated/α-hetero) is 2. The van der Waals surface area contributed by atoms with Crippen molar-refractivity contribution in [2.45, 2.75) is 32.9 Å². The zero-order chi connectivity index (χ0) is 30.6. The number of fused-ring (bicyclic) bond motifs is 6. The van der Waals surface area contributed by atoms with Gasteiger partial charge in [0, 0.05) is 24.6 Å². The average Bonchev–Trinajstić information content (AvgIpc) is 3.42. The van der Waals surface area contributed by atoms with E-state index in [1.807, 2.05) is 98.5 Å². The third kappa shape index (κ3) is 4.18. The molecule has 2 aliphatic carbocycles. The van der Waals surface area contributed by atoms with Gasteiger partial charge >= 0.3 is 6.09 Å². The third-order valence-corrected chi connectivity index (χ3v) is 8.93. The number of carbonyl (C=O) groups is 3. The van der Waals surface area contributed by atoms with E-state index in [4.69, 9.17) is 4.84 Å². The summed E-state index contributed by atoms with van der Waals surface area (Å²) in [5.41, 5.74) is 3.57. The molecular weight excluding hydrogens is 554 g/mol. The third-order valence-electron chi connectivity index (χ3n) is 8.93. The van der Waals surface area contributed by atoms with E-state index in [0.29, 0.717) is 30.2 Å². The molecule has 7 rings (SSSR count). The van der Waals surface area contributed by atoms with E-state index in [0.717, 1.165) is 32.7 Å². The van der Waals surface area contributed by atoms with Gasteiger partial charge in [-0.1, -0.05) is 79.7 Å². The summed E-state index contributed by atoms with van der Waals surface area (Å²) in [5, 5.41) is 3.12. The number of hydrogen-bond donors (Lipinski definition) is 0. The highest BCUT2D eigenvalue weighted by atomic mass is 16.7. The molecule has 220 valence electrons. The van der Waals surface area contributed by atoms with Crippen LogP contribution in [-0.4, -0.2) is 45.7 Å². The van der Waals surface area contributed by atoms with Crippen LogP contribution in [0.25, 0.3) is 23.3 Å². The van der Waals surface area contributed by atoms with Gasteiger partial charge in [-0.2, -0.15) is 5.06 Å². The molecule has 0 saturated carbocycles. The number of carbonyl (C=O) groups excluding carboxylic acids is 3. The van der Waals surface area contributed by atoms with E-state index in [1.165, 1.54) is 11.4 Å². The molecule has 1 amide bonds. The quantitative estimate of drug-likeness (QED) is 0.344. The maximum atomic E-state index is 14.2. The Morgan fingerprint density at radius 1 is 1.00 bits per heavy atom. The van der Waals surface area contributed by atoms with Crippen molar-refractivity contribution in [1.82, 2.24) is 14.9 Å². The summed E-state index contributed by atoms with van der Waals surface area (Å²) in [6, 6.07) is 21.3. The highest BCUT2D eigenvalue weighted by Crippen LogP contribution is 2.44. The van der Waals surface area contributed by atoms with Crippen LogP contribution in [0.5, 0.6) is 0 Å². The Bertz CT molecular complexity index is 1960. The highest BCUT2D eigenvalue weighted by Gasteiger charge is 2.50. The van der Waals surface area contributed by atoms with Gasteiger partial charge in [-0.05, 0) is 52.6 Å². The first-order chi connectivity index (χ1) is 21.3. The molecule has 0 saturated heterocycles. The molecule has 2 atom stereocenters. The first-order valence-corrected chi connectivity index (χ1v) is 14.7. The van der Waals surface area contributed by atoms with Crippen molar-refractivity contribution in [3.63, 3.8) is 0 Å². The number of hydrogen-bond acceptors (Lipinski definition) is 8. The number of rotatable bonds is 5. The molecule has 2 heterocycles.